The lowest BCUT2D eigenvalue weighted by atomic mass is 10.2. The molecule has 0 atom stereocenters. The summed E-state index contributed by atoms with van der Waals surface area (Å²) in [5.41, 5.74) is 0.677. The number of amides is 1. The fourth-order valence-corrected chi connectivity index (χ4v) is 4.45. The zero-order valence-electron chi connectivity index (χ0n) is 14.9. The van der Waals surface area contributed by atoms with Gasteiger partial charge >= 0.3 is 0 Å². The third kappa shape index (κ3) is 4.45. The lowest BCUT2D eigenvalue weighted by Gasteiger charge is -2.05. The molecule has 27 heavy (non-hydrogen) atoms. The van der Waals surface area contributed by atoms with Crippen LogP contribution in [0.3, 0.4) is 0 Å². The summed E-state index contributed by atoms with van der Waals surface area (Å²) in [6, 6.07) is 9.29. The van der Waals surface area contributed by atoms with Crippen LogP contribution in [-0.2, 0) is 11.3 Å². The van der Waals surface area contributed by atoms with E-state index in [0.29, 0.717) is 28.2 Å². The van der Waals surface area contributed by atoms with Gasteiger partial charge in [-0.15, -0.1) is 11.8 Å². The van der Waals surface area contributed by atoms with Crippen molar-refractivity contribution in [3.8, 4) is 0 Å². The van der Waals surface area contributed by atoms with Crippen LogP contribution in [0.15, 0.2) is 46.3 Å². The first-order chi connectivity index (χ1) is 13.0. The Morgan fingerprint density at radius 2 is 2.11 bits per heavy atom. The molecule has 0 aliphatic heterocycles. The number of benzene rings is 2. The molecule has 0 aliphatic carbocycles. The second kappa shape index (κ2) is 8.77. The predicted octanol–water partition coefficient (Wildman–Crippen LogP) is 4.48. The molecule has 0 fully saturated rings. The van der Waals surface area contributed by atoms with Gasteiger partial charge in [-0.2, -0.15) is 4.99 Å². The molecule has 0 unspecified atom stereocenters. The van der Waals surface area contributed by atoms with Gasteiger partial charge in [-0.3, -0.25) is 4.79 Å². The van der Waals surface area contributed by atoms with Crippen LogP contribution in [0, 0.1) is 11.6 Å². The number of carbonyl (C=O) groups excluding carboxylic acids is 1. The molecule has 3 aromatic rings. The van der Waals surface area contributed by atoms with Gasteiger partial charge in [0.05, 0.1) is 16.8 Å². The van der Waals surface area contributed by atoms with E-state index >= 15 is 0 Å². The Morgan fingerprint density at radius 3 is 2.85 bits per heavy atom. The topological polar surface area (TPSA) is 43.6 Å². The maximum atomic E-state index is 14.3. The number of aromatic nitrogens is 1. The second-order valence-electron chi connectivity index (χ2n) is 5.64. The summed E-state index contributed by atoms with van der Waals surface area (Å²) in [6.45, 7) is 2.65. The maximum absolute atomic E-state index is 14.3. The summed E-state index contributed by atoms with van der Waals surface area (Å²) in [5.74, 6) is -0.880. The van der Waals surface area contributed by atoms with Crippen molar-refractivity contribution in [2.75, 3.05) is 19.5 Å². The van der Waals surface area contributed by atoms with Crippen LogP contribution in [-0.4, -0.2) is 29.9 Å². The standard InChI is InChI=1S/C19H18F2N2O2S2/c1-3-26-14-6-4-5-12(9-14)18(24)22-19-23(7-8-25-2)17-15(21)10-13(20)11-16(17)27-19/h4-6,9-11H,3,7-8H2,1-2H3. The number of hydrogen-bond acceptors (Lipinski definition) is 4. The van der Waals surface area contributed by atoms with E-state index in [1.54, 1.807) is 34.5 Å². The van der Waals surface area contributed by atoms with Crippen molar-refractivity contribution in [3.63, 3.8) is 0 Å². The molecule has 0 bridgehead atoms. The molecule has 0 saturated carbocycles. The number of carbonyl (C=O) groups is 1. The van der Waals surface area contributed by atoms with Crippen molar-refractivity contribution >= 4 is 39.2 Å². The number of rotatable bonds is 6. The van der Waals surface area contributed by atoms with Crippen molar-refractivity contribution in [3.05, 3.63) is 58.4 Å². The molecule has 8 heteroatoms. The van der Waals surface area contributed by atoms with Crippen LogP contribution in [0.2, 0.25) is 0 Å². The zero-order chi connectivity index (χ0) is 19.4. The smallest absolute Gasteiger partial charge is 0.279 e. The highest BCUT2D eigenvalue weighted by atomic mass is 32.2. The number of methoxy groups -OCH3 is 1. The van der Waals surface area contributed by atoms with E-state index in [1.165, 1.54) is 13.2 Å². The van der Waals surface area contributed by atoms with Gasteiger partial charge in [-0.1, -0.05) is 24.3 Å². The largest absolute Gasteiger partial charge is 0.383 e. The SMILES string of the molecule is CCSc1cccc(C(=O)N=c2sc3cc(F)cc(F)c3n2CCOC)c1. The maximum Gasteiger partial charge on any atom is 0.279 e. The van der Waals surface area contributed by atoms with Gasteiger partial charge in [0, 0.05) is 30.2 Å². The summed E-state index contributed by atoms with van der Waals surface area (Å²) in [4.78, 5) is 18.1. The van der Waals surface area contributed by atoms with Gasteiger partial charge in [-0.05, 0) is 30.0 Å². The summed E-state index contributed by atoms with van der Waals surface area (Å²) in [6.07, 6.45) is 0. The number of hydrogen-bond donors (Lipinski definition) is 0. The molecular formula is C19H18F2N2O2S2. The van der Waals surface area contributed by atoms with Gasteiger partial charge in [0.2, 0.25) is 0 Å². The first kappa shape index (κ1) is 19.7. The Labute approximate surface area is 163 Å². The minimum absolute atomic E-state index is 0.222. The molecule has 0 radical (unpaired) electrons. The molecule has 0 aliphatic rings. The van der Waals surface area contributed by atoms with Crippen molar-refractivity contribution in [2.45, 2.75) is 18.4 Å². The highest BCUT2D eigenvalue weighted by molar-refractivity contribution is 7.99. The summed E-state index contributed by atoms with van der Waals surface area (Å²) in [5, 5.41) is 0. The van der Waals surface area contributed by atoms with Crippen molar-refractivity contribution in [1.82, 2.24) is 4.57 Å². The minimum Gasteiger partial charge on any atom is -0.383 e. The van der Waals surface area contributed by atoms with Crippen LogP contribution < -0.4 is 4.80 Å². The highest BCUT2D eigenvalue weighted by Crippen LogP contribution is 2.23. The number of thioether (sulfide) groups is 1. The fraction of sp³-hybridized carbons (Fsp3) is 0.263. The fourth-order valence-electron chi connectivity index (χ4n) is 2.64. The third-order valence-corrected chi connectivity index (χ3v) is 5.70. The molecule has 0 spiro atoms. The summed E-state index contributed by atoms with van der Waals surface area (Å²) in [7, 11) is 1.53. The second-order valence-corrected chi connectivity index (χ2v) is 7.99. The highest BCUT2D eigenvalue weighted by Gasteiger charge is 2.14. The lowest BCUT2D eigenvalue weighted by molar-refractivity contribution is 0.0997. The van der Waals surface area contributed by atoms with Crippen molar-refractivity contribution in [2.24, 2.45) is 4.99 Å². The van der Waals surface area contributed by atoms with E-state index < -0.39 is 17.5 Å². The van der Waals surface area contributed by atoms with Gasteiger partial charge < -0.3 is 9.30 Å². The Bertz CT molecular complexity index is 1040. The molecule has 2 aromatic carbocycles. The molecule has 0 saturated heterocycles. The minimum atomic E-state index is -0.687. The number of fused-ring (bicyclic) bond motifs is 1. The third-order valence-electron chi connectivity index (χ3n) is 3.80. The molecule has 3 rings (SSSR count). The lowest BCUT2D eigenvalue weighted by Crippen LogP contribution is -2.20. The van der Waals surface area contributed by atoms with Crippen LogP contribution in [0.4, 0.5) is 8.78 Å². The number of nitrogens with zero attached hydrogens (tertiary/aromatic N) is 2. The zero-order valence-corrected chi connectivity index (χ0v) is 16.5. The molecule has 0 N–H and O–H groups in total. The average Bonchev–Trinajstić information content (AvgIpc) is 2.97. The van der Waals surface area contributed by atoms with Gasteiger partial charge in [0.15, 0.2) is 10.6 Å². The Morgan fingerprint density at radius 1 is 1.30 bits per heavy atom. The first-order valence-electron chi connectivity index (χ1n) is 8.32. The summed E-state index contributed by atoms with van der Waals surface area (Å²) >= 11 is 2.71. The van der Waals surface area contributed by atoms with E-state index in [-0.39, 0.29) is 5.52 Å². The molecule has 1 heterocycles. The molecule has 142 valence electrons. The number of ether oxygens (including phenoxy) is 1. The van der Waals surface area contributed by atoms with Crippen LogP contribution in [0.1, 0.15) is 17.3 Å². The predicted molar refractivity (Wildman–Crippen MR) is 104 cm³/mol. The van der Waals surface area contributed by atoms with Gasteiger partial charge in [0.25, 0.3) is 5.91 Å². The number of thiazole rings is 1. The first-order valence-corrected chi connectivity index (χ1v) is 10.1. The van der Waals surface area contributed by atoms with Crippen LogP contribution in [0.25, 0.3) is 10.2 Å². The Hall–Kier alpha value is -2.03. The van der Waals surface area contributed by atoms with E-state index in [9.17, 15) is 13.6 Å². The molecule has 1 aromatic heterocycles. The average molecular weight is 408 g/mol. The molecular weight excluding hydrogens is 390 g/mol. The Balaban J connectivity index is 2.10. The Kier molecular flexibility index (Phi) is 6.41. The molecule has 1 amide bonds. The van der Waals surface area contributed by atoms with Gasteiger partial charge in [-0.25, -0.2) is 8.78 Å². The molecule has 4 nitrogen and oxygen atoms in total. The normalized spacial score (nSPS) is 12.1. The van der Waals surface area contributed by atoms with E-state index in [4.69, 9.17) is 4.74 Å². The summed E-state index contributed by atoms with van der Waals surface area (Å²) < 4.78 is 34.9. The quantitative estimate of drug-likeness (QED) is 0.565. The van der Waals surface area contributed by atoms with Crippen LogP contribution >= 0.6 is 23.1 Å². The monoisotopic (exact) mass is 408 g/mol. The van der Waals surface area contributed by atoms with Gasteiger partial charge in [0.1, 0.15) is 5.82 Å². The van der Waals surface area contributed by atoms with Crippen LogP contribution in [0.5, 0.6) is 0 Å². The number of halogens is 2. The van der Waals surface area contributed by atoms with E-state index in [1.807, 2.05) is 13.0 Å². The van der Waals surface area contributed by atoms with E-state index in [0.717, 1.165) is 28.1 Å². The van der Waals surface area contributed by atoms with Crippen molar-refractivity contribution in [1.29, 1.82) is 0 Å². The van der Waals surface area contributed by atoms with E-state index in [2.05, 4.69) is 4.99 Å². The van der Waals surface area contributed by atoms with Crippen molar-refractivity contribution < 1.29 is 18.3 Å².